The fourth-order valence-corrected chi connectivity index (χ4v) is 3.94. The van der Waals surface area contributed by atoms with Crippen molar-refractivity contribution >= 4 is 21.4 Å². The standard InChI is InChI=1S/C15H25N3O2S/c1-4-17-21(19,20)12-6-7-13(16)15(9-12)18-14-8-5-10(2)11(14)3/h6-7,9-11,14,17-18H,4-5,8,16H2,1-3H3. The summed E-state index contributed by atoms with van der Waals surface area (Å²) in [5, 5.41) is 3.43. The minimum absolute atomic E-state index is 0.250. The lowest BCUT2D eigenvalue weighted by Crippen LogP contribution is -2.26. The van der Waals surface area contributed by atoms with Crippen LogP contribution in [0.3, 0.4) is 0 Å². The summed E-state index contributed by atoms with van der Waals surface area (Å²) in [6, 6.07) is 5.16. The van der Waals surface area contributed by atoms with E-state index in [1.54, 1.807) is 25.1 Å². The molecule has 3 unspecified atom stereocenters. The lowest BCUT2D eigenvalue weighted by molar-refractivity contribution is 0.435. The van der Waals surface area contributed by atoms with Gasteiger partial charge in [-0.05, 0) is 42.9 Å². The first kappa shape index (κ1) is 16.1. The van der Waals surface area contributed by atoms with Gasteiger partial charge in [-0.2, -0.15) is 0 Å². The first-order valence-corrected chi connectivity index (χ1v) is 8.99. The van der Waals surface area contributed by atoms with Gasteiger partial charge in [0.1, 0.15) is 0 Å². The van der Waals surface area contributed by atoms with E-state index in [0.717, 1.165) is 6.42 Å². The fourth-order valence-electron chi connectivity index (χ4n) is 2.87. The Hall–Kier alpha value is -1.27. The van der Waals surface area contributed by atoms with Crippen LogP contribution in [0.5, 0.6) is 0 Å². The molecule has 118 valence electrons. The summed E-state index contributed by atoms with van der Waals surface area (Å²) in [7, 11) is -3.45. The monoisotopic (exact) mass is 311 g/mol. The zero-order valence-corrected chi connectivity index (χ0v) is 13.7. The minimum atomic E-state index is -3.45. The van der Waals surface area contributed by atoms with Gasteiger partial charge >= 0.3 is 0 Å². The molecule has 0 heterocycles. The summed E-state index contributed by atoms with van der Waals surface area (Å²) in [6.45, 7) is 6.61. The van der Waals surface area contributed by atoms with E-state index in [4.69, 9.17) is 5.73 Å². The van der Waals surface area contributed by atoms with Crippen LogP contribution in [0.15, 0.2) is 23.1 Å². The first-order valence-electron chi connectivity index (χ1n) is 7.51. The van der Waals surface area contributed by atoms with E-state index in [0.29, 0.717) is 35.8 Å². The number of hydrogen-bond donors (Lipinski definition) is 3. The Morgan fingerprint density at radius 3 is 2.57 bits per heavy atom. The number of anilines is 2. The Balaban J connectivity index is 2.24. The topological polar surface area (TPSA) is 84.2 Å². The van der Waals surface area contributed by atoms with Crippen LogP contribution in [0.25, 0.3) is 0 Å². The molecule has 0 amide bonds. The molecule has 0 saturated heterocycles. The predicted octanol–water partition coefficient (Wildman–Crippen LogP) is 2.41. The summed E-state index contributed by atoms with van der Waals surface area (Å²) in [6.07, 6.45) is 2.28. The number of nitrogens with one attached hydrogen (secondary N) is 2. The van der Waals surface area contributed by atoms with Gasteiger partial charge in [0.2, 0.25) is 10.0 Å². The maximum absolute atomic E-state index is 12.1. The number of nitrogen functional groups attached to an aromatic ring is 1. The maximum atomic E-state index is 12.1. The fraction of sp³-hybridized carbons (Fsp3) is 0.600. The minimum Gasteiger partial charge on any atom is -0.397 e. The first-order chi connectivity index (χ1) is 9.85. The molecule has 0 radical (unpaired) electrons. The third-order valence-corrected chi connectivity index (χ3v) is 6.02. The zero-order valence-electron chi connectivity index (χ0n) is 12.9. The maximum Gasteiger partial charge on any atom is 0.240 e. The predicted molar refractivity (Wildman–Crippen MR) is 86.7 cm³/mol. The molecule has 21 heavy (non-hydrogen) atoms. The van der Waals surface area contributed by atoms with Gasteiger partial charge in [0, 0.05) is 12.6 Å². The molecule has 0 aromatic heterocycles. The normalized spacial score (nSPS) is 26.0. The molecule has 1 aliphatic carbocycles. The van der Waals surface area contributed by atoms with Gasteiger partial charge in [-0.25, -0.2) is 13.1 Å². The van der Waals surface area contributed by atoms with Crippen LogP contribution < -0.4 is 15.8 Å². The second kappa shape index (κ2) is 6.23. The van der Waals surface area contributed by atoms with Gasteiger partial charge in [-0.15, -0.1) is 0 Å². The van der Waals surface area contributed by atoms with Gasteiger partial charge in [-0.1, -0.05) is 20.8 Å². The smallest absolute Gasteiger partial charge is 0.240 e. The highest BCUT2D eigenvalue weighted by molar-refractivity contribution is 7.89. The van der Waals surface area contributed by atoms with Crippen molar-refractivity contribution in [3.05, 3.63) is 18.2 Å². The van der Waals surface area contributed by atoms with Crippen LogP contribution in [-0.4, -0.2) is 21.0 Å². The lowest BCUT2D eigenvalue weighted by Gasteiger charge is -2.22. The molecule has 1 fully saturated rings. The molecule has 1 aromatic carbocycles. The summed E-state index contributed by atoms with van der Waals surface area (Å²) in [4.78, 5) is 0.250. The molecule has 1 saturated carbocycles. The molecule has 1 aromatic rings. The number of sulfonamides is 1. The van der Waals surface area contributed by atoms with Gasteiger partial charge in [0.25, 0.3) is 0 Å². The van der Waals surface area contributed by atoms with E-state index >= 15 is 0 Å². The number of hydrogen-bond acceptors (Lipinski definition) is 4. The number of nitrogens with two attached hydrogens (primary N) is 1. The third kappa shape index (κ3) is 3.49. The van der Waals surface area contributed by atoms with E-state index in [1.807, 2.05) is 0 Å². The SMILES string of the molecule is CCNS(=O)(=O)c1ccc(N)c(NC2CCC(C)C2C)c1. The van der Waals surface area contributed by atoms with Crippen molar-refractivity contribution in [3.8, 4) is 0 Å². The van der Waals surface area contributed by atoms with E-state index in [1.165, 1.54) is 6.42 Å². The number of benzene rings is 1. The van der Waals surface area contributed by atoms with Crippen LogP contribution in [0.4, 0.5) is 11.4 Å². The average molecular weight is 311 g/mol. The van der Waals surface area contributed by atoms with Gasteiger partial charge in [0.05, 0.1) is 16.3 Å². The molecule has 4 N–H and O–H groups in total. The van der Waals surface area contributed by atoms with Crippen molar-refractivity contribution in [1.82, 2.24) is 4.72 Å². The summed E-state index contributed by atoms with van der Waals surface area (Å²) in [5.74, 6) is 1.23. The summed E-state index contributed by atoms with van der Waals surface area (Å²) < 4.78 is 26.6. The van der Waals surface area contributed by atoms with Gasteiger partial charge in [-0.3, -0.25) is 0 Å². The molecule has 2 rings (SSSR count). The molecule has 0 aliphatic heterocycles. The van der Waals surface area contributed by atoms with Crippen molar-refractivity contribution < 1.29 is 8.42 Å². The molecular formula is C15H25N3O2S. The molecule has 5 nitrogen and oxygen atoms in total. The Morgan fingerprint density at radius 2 is 2.00 bits per heavy atom. The number of rotatable bonds is 5. The third-order valence-electron chi connectivity index (χ3n) is 4.48. The molecular weight excluding hydrogens is 286 g/mol. The van der Waals surface area contributed by atoms with E-state index in [-0.39, 0.29) is 4.90 Å². The van der Waals surface area contributed by atoms with Crippen molar-refractivity contribution in [2.24, 2.45) is 11.8 Å². The Morgan fingerprint density at radius 1 is 1.29 bits per heavy atom. The molecule has 6 heteroatoms. The Kier molecular flexibility index (Phi) is 4.78. The quantitative estimate of drug-likeness (QED) is 0.729. The van der Waals surface area contributed by atoms with Crippen molar-refractivity contribution in [2.45, 2.75) is 44.6 Å². The molecule has 1 aliphatic rings. The Labute approximate surface area is 127 Å². The highest BCUT2D eigenvalue weighted by Crippen LogP contribution is 2.34. The van der Waals surface area contributed by atoms with Crippen LogP contribution in [0.1, 0.15) is 33.6 Å². The van der Waals surface area contributed by atoms with E-state index in [9.17, 15) is 8.42 Å². The van der Waals surface area contributed by atoms with Crippen LogP contribution >= 0.6 is 0 Å². The van der Waals surface area contributed by atoms with Gasteiger partial charge in [0.15, 0.2) is 0 Å². The second-order valence-corrected chi connectivity index (χ2v) is 7.68. The van der Waals surface area contributed by atoms with Gasteiger partial charge < -0.3 is 11.1 Å². The van der Waals surface area contributed by atoms with Crippen molar-refractivity contribution in [3.63, 3.8) is 0 Å². The van der Waals surface area contributed by atoms with Crippen LogP contribution in [-0.2, 0) is 10.0 Å². The molecule has 0 bridgehead atoms. The lowest BCUT2D eigenvalue weighted by atomic mass is 9.97. The van der Waals surface area contributed by atoms with E-state index in [2.05, 4.69) is 23.9 Å². The molecule has 3 atom stereocenters. The van der Waals surface area contributed by atoms with Crippen LogP contribution in [0.2, 0.25) is 0 Å². The summed E-state index contributed by atoms with van der Waals surface area (Å²) >= 11 is 0. The highest BCUT2D eigenvalue weighted by atomic mass is 32.2. The summed E-state index contributed by atoms with van der Waals surface area (Å²) in [5.41, 5.74) is 7.28. The zero-order chi connectivity index (χ0) is 15.6. The van der Waals surface area contributed by atoms with Crippen LogP contribution in [0, 0.1) is 11.8 Å². The van der Waals surface area contributed by atoms with E-state index < -0.39 is 10.0 Å². The Bertz CT molecular complexity index is 601. The average Bonchev–Trinajstić information content (AvgIpc) is 2.73. The highest BCUT2D eigenvalue weighted by Gasteiger charge is 2.30. The molecule has 0 spiro atoms. The second-order valence-electron chi connectivity index (χ2n) is 5.91. The largest absolute Gasteiger partial charge is 0.397 e. The van der Waals surface area contributed by atoms with Crippen molar-refractivity contribution in [1.29, 1.82) is 0 Å². The van der Waals surface area contributed by atoms with Crippen molar-refractivity contribution in [2.75, 3.05) is 17.6 Å².